The third kappa shape index (κ3) is 2.97. The number of allylic oxidation sites excluding steroid dienone is 1. The van der Waals surface area contributed by atoms with Crippen LogP contribution < -0.4 is 17.2 Å². The number of rotatable bonds is 4. The van der Waals surface area contributed by atoms with E-state index in [1.54, 1.807) is 0 Å². The van der Waals surface area contributed by atoms with E-state index in [1.807, 2.05) is 42.5 Å². The van der Waals surface area contributed by atoms with E-state index in [0.29, 0.717) is 18.5 Å². The van der Waals surface area contributed by atoms with Gasteiger partial charge in [-0.15, -0.1) is 0 Å². The number of benzene rings is 1. The molecular formula is C15H21N3O. The van der Waals surface area contributed by atoms with Crippen LogP contribution in [-0.2, 0) is 6.42 Å². The summed E-state index contributed by atoms with van der Waals surface area (Å²) in [5.74, 6) is 0.0158. The molecule has 0 heterocycles. The van der Waals surface area contributed by atoms with Gasteiger partial charge in [0.25, 0.3) is 0 Å². The highest BCUT2D eigenvalue weighted by Gasteiger charge is 2.33. The van der Waals surface area contributed by atoms with Gasteiger partial charge in [0.15, 0.2) is 0 Å². The Balaban J connectivity index is 2.26. The first-order valence-electron chi connectivity index (χ1n) is 6.45. The monoisotopic (exact) mass is 259 g/mol. The lowest BCUT2D eigenvalue weighted by Gasteiger charge is -2.36. The highest BCUT2D eigenvalue weighted by molar-refractivity contribution is 5.48. The maximum Gasteiger partial charge on any atom is 0.0449 e. The predicted molar refractivity (Wildman–Crippen MR) is 78.1 cm³/mol. The Hall–Kier alpha value is -1.78. The summed E-state index contributed by atoms with van der Waals surface area (Å²) in [5, 5.41) is 9.18. The maximum absolute atomic E-state index is 9.18. The molecule has 0 saturated carbocycles. The molecule has 2 unspecified atom stereocenters. The van der Waals surface area contributed by atoms with Gasteiger partial charge in [-0.2, -0.15) is 0 Å². The first-order chi connectivity index (χ1) is 9.05. The lowest BCUT2D eigenvalue weighted by molar-refractivity contribution is 0.240. The fourth-order valence-corrected chi connectivity index (χ4v) is 2.52. The minimum Gasteiger partial charge on any atom is -0.399 e. The largest absolute Gasteiger partial charge is 0.399 e. The van der Waals surface area contributed by atoms with Gasteiger partial charge >= 0.3 is 0 Å². The van der Waals surface area contributed by atoms with Crippen molar-refractivity contribution in [3.63, 3.8) is 0 Å². The summed E-state index contributed by atoms with van der Waals surface area (Å²) < 4.78 is 0. The zero-order valence-electron chi connectivity index (χ0n) is 10.9. The third-order valence-electron chi connectivity index (χ3n) is 3.66. The van der Waals surface area contributed by atoms with Crippen molar-refractivity contribution >= 4 is 5.69 Å². The van der Waals surface area contributed by atoms with Gasteiger partial charge in [-0.3, -0.25) is 0 Å². The van der Waals surface area contributed by atoms with Crippen LogP contribution in [0, 0.1) is 5.92 Å². The molecule has 0 aliphatic heterocycles. The Morgan fingerprint density at radius 1 is 1.21 bits per heavy atom. The van der Waals surface area contributed by atoms with E-state index >= 15 is 0 Å². The molecule has 4 heteroatoms. The van der Waals surface area contributed by atoms with Crippen molar-refractivity contribution in [1.29, 1.82) is 0 Å². The molecule has 0 fully saturated rings. The summed E-state index contributed by atoms with van der Waals surface area (Å²) in [5.41, 5.74) is 20.2. The van der Waals surface area contributed by atoms with Crippen molar-refractivity contribution in [1.82, 2.24) is 0 Å². The lowest BCUT2D eigenvalue weighted by Crippen LogP contribution is -2.48. The molecule has 1 aromatic carbocycles. The molecule has 19 heavy (non-hydrogen) atoms. The smallest absolute Gasteiger partial charge is 0.0449 e. The van der Waals surface area contributed by atoms with Crippen LogP contribution in [0.1, 0.15) is 12.0 Å². The summed E-state index contributed by atoms with van der Waals surface area (Å²) >= 11 is 0. The first-order valence-corrected chi connectivity index (χ1v) is 6.45. The molecule has 2 rings (SSSR count). The Labute approximate surface area is 113 Å². The van der Waals surface area contributed by atoms with E-state index in [-0.39, 0.29) is 12.5 Å². The zero-order chi connectivity index (χ0) is 13.9. The third-order valence-corrected chi connectivity index (χ3v) is 3.66. The molecule has 0 bridgehead atoms. The average molecular weight is 259 g/mol. The van der Waals surface area contributed by atoms with Crippen LogP contribution in [0.4, 0.5) is 5.69 Å². The lowest BCUT2D eigenvalue weighted by atomic mass is 9.75. The number of aliphatic hydroxyl groups is 1. The number of anilines is 1. The van der Waals surface area contributed by atoms with Crippen molar-refractivity contribution in [2.45, 2.75) is 18.4 Å². The van der Waals surface area contributed by atoms with Gasteiger partial charge < -0.3 is 22.3 Å². The van der Waals surface area contributed by atoms with Gasteiger partial charge in [-0.25, -0.2) is 0 Å². The summed E-state index contributed by atoms with van der Waals surface area (Å²) in [7, 11) is 0. The quantitative estimate of drug-likeness (QED) is 0.604. The van der Waals surface area contributed by atoms with Crippen LogP contribution in [-0.4, -0.2) is 17.3 Å². The SMILES string of the molecule is NC1=CC(CCO)C(N)(Cc2ccccc2N)C=C1. The van der Waals surface area contributed by atoms with Gasteiger partial charge in [0, 0.05) is 29.4 Å². The van der Waals surface area contributed by atoms with Crippen LogP contribution >= 0.6 is 0 Å². The van der Waals surface area contributed by atoms with Crippen LogP contribution in [0.3, 0.4) is 0 Å². The molecule has 0 spiro atoms. The molecular weight excluding hydrogens is 238 g/mol. The van der Waals surface area contributed by atoms with E-state index in [4.69, 9.17) is 17.2 Å². The Morgan fingerprint density at radius 3 is 2.63 bits per heavy atom. The molecule has 0 saturated heterocycles. The fraction of sp³-hybridized carbons (Fsp3) is 0.333. The van der Waals surface area contributed by atoms with Crippen molar-refractivity contribution in [2.75, 3.05) is 12.3 Å². The number of para-hydroxylation sites is 1. The molecule has 0 amide bonds. The number of hydrogen-bond donors (Lipinski definition) is 4. The second-order valence-electron chi connectivity index (χ2n) is 5.11. The number of nitrogen functional groups attached to an aromatic ring is 1. The fourth-order valence-electron chi connectivity index (χ4n) is 2.52. The van der Waals surface area contributed by atoms with Crippen molar-refractivity contribution in [3.8, 4) is 0 Å². The predicted octanol–water partition coefficient (Wildman–Crippen LogP) is 0.920. The highest BCUT2D eigenvalue weighted by atomic mass is 16.3. The molecule has 1 aromatic rings. The minimum atomic E-state index is -0.554. The van der Waals surface area contributed by atoms with Gasteiger partial charge in [0.2, 0.25) is 0 Å². The van der Waals surface area contributed by atoms with Crippen molar-refractivity contribution < 1.29 is 5.11 Å². The summed E-state index contributed by atoms with van der Waals surface area (Å²) in [6.07, 6.45) is 6.90. The number of aliphatic hydroxyl groups excluding tert-OH is 1. The molecule has 2 atom stereocenters. The zero-order valence-corrected chi connectivity index (χ0v) is 10.9. The van der Waals surface area contributed by atoms with Gasteiger partial charge in [-0.05, 0) is 30.5 Å². The van der Waals surface area contributed by atoms with Crippen molar-refractivity contribution in [2.24, 2.45) is 17.4 Å². The molecule has 0 radical (unpaired) electrons. The van der Waals surface area contributed by atoms with E-state index in [0.717, 1.165) is 11.3 Å². The summed E-state index contributed by atoms with van der Waals surface area (Å²) in [4.78, 5) is 0. The van der Waals surface area contributed by atoms with E-state index in [2.05, 4.69) is 0 Å². The van der Waals surface area contributed by atoms with Crippen molar-refractivity contribution in [3.05, 3.63) is 53.8 Å². The van der Waals surface area contributed by atoms with Gasteiger partial charge in [0.1, 0.15) is 0 Å². The average Bonchev–Trinajstić information content (AvgIpc) is 2.38. The van der Waals surface area contributed by atoms with Gasteiger partial charge in [0.05, 0.1) is 0 Å². The van der Waals surface area contributed by atoms with Gasteiger partial charge in [-0.1, -0.05) is 30.4 Å². The summed E-state index contributed by atoms with van der Waals surface area (Å²) in [6, 6.07) is 7.71. The van der Waals surface area contributed by atoms with Crippen LogP contribution in [0.25, 0.3) is 0 Å². The molecule has 102 valence electrons. The molecule has 1 aliphatic rings. The topological polar surface area (TPSA) is 98.3 Å². The first kappa shape index (κ1) is 13.6. The van der Waals surface area contributed by atoms with Crippen LogP contribution in [0.5, 0.6) is 0 Å². The Bertz CT molecular complexity index is 510. The Kier molecular flexibility index (Phi) is 3.93. The standard InChI is InChI=1S/C15H21N3O/c16-13-5-7-15(18,12(9-13)6-8-19)10-11-3-1-2-4-14(11)17/h1-5,7,9,12,19H,6,8,10,16-18H2. The minimum absolute atomic E-state index is 0.0158. The molecule has 1 aliphatic carbocycles. The normalized spacial score (nSPS) is 26.2. The molecule has 0 aromatic heterocycles. The van der Waals surface area contributed by atoms with E-state index < -0.39 is 5.54 Å². The Morgan fingerprint density at radius 2 is 1.95 bits per heavy atom. The summed E-state index contributed by atoms with van der Waals surface area (Å²) in [6.45, 7) is 0.0888. The van der Waals surface area contributed by atoms with Crippen LogP contribution in [0.15, 0.2) is 48.2 Å². The van der Waals surface area contributed by atoms with Crippen LogP contribution in [0.2, 0.25) is 0 Å². The highest BCUT2D eigenvalue weighted by Crippen LogP contribution is 2.31. The molecule has 7 N–H and O–H groups in total. The maximum atomic E-state index is 9.18. The number of hydrogen-bond acceptors (Lipinski definition) is 4. The number of nitrogens with two attached hydrogens (primary N) is 3. The van der Waals surface area contributed by atoms with E-state index in [1.165, 1.54) is 0 Å². The molecule has 4 nitrogen and oxygen atoms in total. The second-order valence-corrected chi connectivity index (χ2v) is 5.11. The second kappa shape index (κ2) is 5.47. The van der Waals surface area contributed by atoms with E-state index in [9.17, 15) is 5.11 Å².